The van der Waals surface area contributed by atoms with Gasteiger partial charge in [0.2, 0.25) is 0 Å². The van der Waals surface area contributed by atoms with Gasteiger partial charge in [0.15, 0.2) is 5.54 Å². The van der Waals surface area contributed by atoms with Crippen molar-refractivity contribution in [2.24, 2.45) is 0 Å². The van der Waals surface area contributed by atoms with E-state index in [2.05, 4.69) is 25.4 Å². The molecule has 0 amide bonds. The third-order valence-corrected chi connectivity index (χ3v) is 5.70. The quantitative estimate of drug-likeness (QED) is 0.513. The Hall–Kier alpha value is -0.790. The van der Waals surface area contributed by atoms with Gasteiger partial charge in [0.25, 0.3) is 5.92 Å². The lowest BCUT2D eigenvalue weighted by Gasteiger charge is -2.40. The minimum absolute atomic E-state index is 0.356. The van der Waals surface area contributed by atoms with E-state index in [4.69, 9.17) is 5.26 Å². The predicted molar refractivity (Wildman–Crippen MR) is 93.9 cm³/mol. The molecule has 1 N–H and O–H groups in total. The van der Waals surface area contributed by atoms with E-state index in [1.807, 2.05) is 0 Å². The zero-order chi connectivity index (χ0) is 19.5. The van der Waals surface area contributed by atoms with E-state index in [9.17, 15) is 17.7 Å². The van der Waals surface area contributed by atoms with Gasteiger partial charge in [-0.05, 0) is 45.9 Å². The van der Waals surface area contributed by atoms with Crippen LogP contribution in [0.1, 0.15) is 33.3 Å². The van der Waals surface area contributed by atoms with Gasteiger partial charge in [-0.2, -0.15) is 5.26 Å². The molecule has 0 aromatic heterocycles. The van der Waals surface area contributed by atoms with Gasteiger partial charge in [-0.1, -0.05) is 15.9 Å². The molecule has 4 nitrogen and oxygen atoms in total. The lowest BCUT2D eigenvalue weighted by atomic mass is 9.86. The molecule has 0 heterocycles. The fourth-order valence-corrected chi connectivity index (χ4v) is 3.21. The van der Waals surface area contributed by atoms with E-state index in [0.717, 1.165) is 13.0 Å². The van der Waals surface area contributed by atoms with Crippen molar-refractivity contribution in [3.05, 3.63) is 34.1 Å². The summed E-state index contributed by atoms with van der Waals surface area (Å²) in [5.74, 6) is -4.52. The van der Waals surface area contributed by atoms with Gasteiger partial charge in [0.05, 0.1) is 6.07 Å². The third kappa shape index (κ3) is 5.34. The smallest absolute Gasteiger partial charge is 0.296 e. The highest BCUT2D eigenvalue weighted by Crippen LogP contribution is 2.41. The first-order valence-corrected chi connectivity index (χ1v) is 9.27. The van der Waals surface area contributed by atoms with Gasteiger partial charge < -0.3 is 9.29 Å². The van der Waals surface area contributed by atoms with Crippen LogP contribution in [-0.4, -0.2) is 28.4 Å². The van der Waals surface area contributed by atoms with E-state index in [1.165, 1.54) is 12.1 Å². The number of nitrogens with zero attached hydrogens (tertiary/aromatic N) is 1. The second-order valence-corrected chi connectivity index (χ2v) is 9.47. The first-order valence-electron chi connectivity index (χ1n) is 7.33. The van der Waals surface area contributed by atoms with Crippen molar-refractivity contribution in [2.75, 3.05) is 13.2 Å². The Labute approximate surface area is 157 Å². The molecule has 140 valence electrons. The minimum atomic E-state index is -3.65. The number of nitrogens with one attached hydrogen (secondary N) is 1. The molecule has 2 unspecified atom stereocenters. The van der Waals surface area contributed by atoms with Crippen molar-refractivity contribution in [1.29, 1.82) is 5.26 Å². The summed E-state index contributed by atoms with van der Waals surface area (Å²) in [6, 6.07) is 5.23. The summed E-state index contributed by atoms with van der Waals surface area (Å²) >= 11 is 1.23. The zero-order valence-electron chi connectivity index (χ0n) is 14.3. The van der Waals surface area contributed by atoms with Crippen LogP contribution in [0.4, 0.5) is 13.2 Å². The molecule has 25 heavy (non-hydrogen) atoms. The van der Waals surface area contributed by atoms with Crippen molar-refractivity contribution in [1.82, 2.24) is 4.72 Å². The van der Waals surface area contributed by atoms with Crippen LogP contribution in [0, 0.1) is 17.1 Å². The number of ether oxygens (including phenoxy) is 1. The molecule has 0 saturated carbocycles. The molecular weight excluding hydrogens is 421 g/mol. The summed E-state index contributed by atoms with van der Waals surface area (Å²) in [6.07, 6.45) is 0. The van der Waals surface area contributed by atoms with E-state index in [0.29, 0.717) is 4.47 Å². The molecule has 0 bridgehead atoms. The minimum Gasteiger partial charge on any atom is -0.598 e. The number of halogens is 4. The van der Waals surface area contributed by atoms with E-state index in [1.54, 1.807) is 26.8 Å². The van der Waals surface area contributed by atoms with Crippen LogP contribution in [0.2, 0.25) is 0 Å². The number of alkyl halides is 2. The summed E-state index contributed by atoms with van der Waals surface area (Å²) in [6.45, 7) is 4.23. The van der Waals surface area contributed by atoms with Gasteiger partial charge in [-0.3, -0.25) is 0 Å². The van der Waals surface area contributed by atoms with E-state index < -0.39 is 46.6 Å². The monoisotopic (exact) mass is 440 g/mol. The lowest BCUT2D eigenvalue weighted by Crippen LogP contribution is -2.60. The fraction of sp³-hybridized carbons (Fsp3) is 0.562. The molecule has 0 aliphatic rings. The second kappa shape index (κ2) is 8.27. The molecule has 0 aliphatic heterocycles. The van der Waals surface area contributed by atoms with Crippen LogP contribution in [0.15, 0.2) is 22.7 Å². The Kier molecular flexibility index (Phi) is 7.36. The first-order chi connectivity index (χ1) is 11.3. The van der Waals surface area contributed by atoms with E-state index in [-0.39, 0.29) is 5.56 Å². The molecule has 9 heteroatoms. The van der Waals surface area contributed by atoms with Crippen LogP contribution in [0.25, 0.3) is 0 Å². The second-order valence-electron chi connectivity index (χ2n) is 6.59. The predicted octanol–water partition coefficient (Wildman–Crippen LogP) is 4.03. The van der Waals surface area contributed by atoms with Crippen molar-refractivity contribution < 1.29 is 22.5 Å². The fourth-order valence-electron chi connectivity index (χ4n) is 1.92. The summed E-state index contributed by atoms with van der Waals surface area (Å²) in [4.78, 5) is 0. The maximum Gasteiger partial charge on any atom is 0.296 e. The average Bonchev–Trinajstić information content (AvgIpc) is 2.48. The standard InChI is InChI=1S/C16H20BrF3N2O2S/c1-14(2,3)25(23)22-15(4,16(19,20)10-24-8-7-21)12-9-11(17)5-6-13(12)18/h5-6,9,22H,8,10H2,1-4H3. The average molecular weight is 441 g/mol. The maximum atomic E-state index is 14.9. The van der Waals surface area contributed by atoms with Crippen LogP contribution in [-0.2, 0) is 21.6 Å². The molecule has 0 spiro atoms. The molecule has 1 aromatic carbocycles. The SMILES string of the molecule is CC(C)(C)[S+]([O-])NC(C)(c1cc(Br)ccc1F)C(F)(F)COCC#N. The summed E-state index contributed by atoms with van der Waals surface area (Å²) in [7, 11) is 0. The summed E-state index contributed by atoms with van der Waals surface area (Å²) in [5, 5.41) is 8.47. The highest BCUT2D eigenvalue weighted by Gasteiger charge is 2.56. The molecule has 1 aromatic rings. The maximum absolute atomic E-state index is 14.9. The molecule has 0 aliphatic carbocycles. The van der Waals surface area contributed by atoms with Gasteiger partial charge in [-0.15, -0.1) is 4.72 Å². The van der Waals surface area contributed by atoms with Gasteiger partial charge in [-0.25, -0.2) is 13.2 Å². The number of rotatable bonds is 7. The van der Waals surface area contributed by atoms with Crippen molar-refractivity contribution in [3.63, 3.8) is 0 Å². The molecule has 0 fully saturated rings. The summed E-state index contributed by atoms with van der Waals surface area (Å²) < 4.78 is 63.3. The number of benzene rings is 1. The van der Waals surface area contributed by atoms with Crippen molar-refractivity contribution in [2.45, 2.75) is 43.9 Å². The number of hydrogen-bond donors (Lipinski definition) is 1. The van der Waals surface area contributed by atoms with Gasteiger partial charge in [0.1, 0.15) is 23.8 Å². The highest BCUT2D eigenvalue weighted by molar-refractivity contribution is 9.10. The van der Waals surface area contributed by atoms with Gasteiger partial charge in [0, 0.05) is 21.4 Å². The molecule has 0 saturated heterocycles. The Balaban J connectivity index is 3.40. The zero-order valence-corrected chi connectivity index (χ0v) is 16.7. The van der Waals surface area contributed by atoms with Gasteiger partial charge >= 0.3 is 0 Å². The van der Waals surface area contributed by atoms with Crippen LogP contribution < -0.4 is 4.72 Å². The topological polar surface area (TPSA) is 68.1 Å². The van der Waals surface area contributed by atoms with Crippen molar-refractivity contribution in [3.8, 4) is 6.07 Å². The Morgan fingerprint density at radius 3 is 2.44 bits per heavy atom. The lowest BCUT2D eigenvalue weighted by molar-refractivity contribution is -0.128. The largest absolute Gasteiger partial charge is 0.598 e. The van der Waals surface area contributed by atoms with E-state index >= 15 is 0 Å². The number of hydrogen-bond acceptors (Lipinski definition) is 4. The molecular formula is C16H20BrF3N2O2S. The molecule has 1 rings (SSSR count). The van der Waals surface area contributed by atoms with Crippen LogP contribution in [0.3, 0.4) is 0 Å². The Bertz CT molecular complexity index is 649. The summed E-state index contributed by atoms with van der Waals surface area (Å²) in [5.41, 5.74) is -2.68. The molecule has 0 radical (unpaired) electrons. The van der Waals surface area contributed by atoms with Crippen molar-refractivity contribution >= 4 is 27.3 Å². The Morgan fingerprint density at radius 2 is 1.92 bits per heavy atom. The number of nitriles is 1. The third-order valence-electron chi connectivity index (χ3n) is 3.50. The Morgan fingerprint density at radius 1 is 1.32 bits per heavy atom. The van der Waals surface area contributed by atoms with Crippen LogP contribution >= 0.6 is 15.9 Å². The molecule has 2 atom stereocenters. The van der Waals surface area contributed by atoms with Crippen LogP contribution in [0.5, 0.6) is 0 Å². The first kappa shape index (κ1) is 22.3. The highest BCUT2D eigenvalue weighted by atomic mass is 79.9. The normalized spacial score (nSPS) is 16.2.